The van der Waals surface area contributed by atoms with E-state index in [1.165, 1.54) is 23.5 Å². The summed E-state index contributed by atoms with van der Waals surface area (Å²) in [5.74, 6) is -0.307. The fourth-order valence-electron chi connectivity index (χ4n) is 2.07. The number of alkyl halides is 3. The first-order chi connectivity index (χ1) is 11.3. The summed E-state index contributed by atoms with van der Waals surface area (Å²) >= 11 is 1.35. The Labute approximate surface area is 141 Å². The summed E-state index contributed by atoms with van der Waals surface area (Å²) < 4.78 is 42.6. The normalized spacial score (nSPS) is 11.8. The first kappa shape index (κ1) is 18.4. The highest BCUT2D eigenvalue weighted by atomic mass is 32.1. The number of aromatic nitrogens is 1. The Morgan fingerprint density at radius 3 is 2.54 bits per heavy atom. The third kappa shape index (κ3) is 5.04. The van der Waals surface area contributed by atoms with Crippen LogP contribution >= 0.6 is 11.3 Å². The second-order valence-corrected chi connectivity index (χ2v) is 6.05. The molecule has 0 saturated heterocycles. The molecule has 0 amide bonds. The largest absolute Gasteiger partial charge is 0.465 e. The molecule has 0 unspecified atom stereocenters. The highest BCUT2D eigenvalue weighted by Gasteiger charge is 2.30. The minimum absolute atomic E-state index is 0.154. The predicted molar refractivity (Wildman–Crippen MR) is 85.5 cm³/mol. The van der Waals surface area contributed by atoms with Crippen LogP contribution in [0.2, 0.25) is 0 Å². The molecule has 1 heterocycles. The van der Waals surface area contributed by atoms with E-state index >= 15 is 0 Å². The van der Waals surface area contributed by atoms with Gasteiger partial charge in [-0.1, -0.05) is 12.1 Å². The van der Waals surface area contributed by atoms with E-state index in [0.717, 1.165) is 17.8 Å². The maximum absolute atomic E-state index is 12.6. The SMILES string of the molecule is CCOC(=O)CN(C)Cc1csc(-c2ccc(C(F)(F)F)cc2)n1. The predicted octanol–water partition coefficient (Wildman–Crippen LogP) is 3.82. The molecule has 0 atom stereocenters. The Hall–Kier alpha value is -1.93. The summed E-state index contributed by atoms with van der Waals surface area (Å²) in [5.41, 5.74) is 0.700. The molecule has 0 bridgehead atoms. The van der Waals surface area contributed by atoms with Crippen LogP contribution in [0.25, 0.3) is 10.6 Å². The molecular formula is C16H17F3N2O2S. The monoisotopic (exact) mass is 358 g/mol. The molecule has 130 valence electrons. The molecule has 24 heavy (non-hydrogen) atoms. The van der Waals surface area contributed by atoms with Crippen molar-refractivity contribution in [1.82, 2.24) is 9.88 Å². The van der Waals surface area contributed by atoms with Crippen LogP contribution in [-0.4, -0.2) is 36.1 Å². The number of benzene rings is 1. The number of ether oxygens (including phenoxy) is 1. The highest BCUT2D eigenvalue weighted by Crippen LogP contribution is 2.31. The molecule has 0 saturated carbocycles. The van der Waals surface area contributed by atoms with Crippen LogP contribution in [0.1, 0.15) is 18.2 Å². The molecule has 0 aliphatic carbocycles. The van der Waals surface area contributed by atoms with Crippen LogP contribution in [0.5, 0.6) is 0 Å². The standard InChI is InChI=1S/C16H17F3N2O2S/c1-3-23-14(22)9-21(2)8-13-10-24-15(20-13)11-4-6-12(7-5-11)16(17,18)19/h4-7,10H,3,8-9H2,1-2H3. The van der Waals surface area contributed by atoms with Gasteiger partial charge in [0.2, 0.25) is 0 Å². The average molecular weight is 358 g/mol. The van der Waals surface area contributed by atoms with E-state index in [2.05, 4.69) is 4.98 Å². The Morgan fingerprint density at radius 2 is 1.96 bits per heavy atom. The maximum atomic E-state index is 12.6. The zero-order chi connectivity index (χ0) is 17.7. The minimum atomic E-state index is -4.34. The van der Waals surface area contributed by atoms with Gasteiger partial charge in [0, 0.05) is 17.5 Å². The van der Waals surface area contributed by atoms with E-state index in [4.69, 9.17) is 4.74 Å². The number of esters is 1. The van der Waals surface area contributed by atoms with Crippen molar-refractivity contribution in [3.63, 3.8) is 0 Å². The number of rotatable bonds is 6. The smallest absolute Gasteiger partial charge is 0.416 e. The molecule has 0 aliphatic rings. The Morgan fingerprint density at radius 1 is 1.29 bits per heavy atom. The van der Waals surface area contributed by atoms with Crippen LogP contribution in [0, 0.1) is 0 Å². The van der Waals surface area contributed by atoms with Gasteiger partial charge in [-0.2, -0.15) is 13.2 Å². The van der Waals surface area contributed by atoms with Gasteiger partial charge in [0.15, 0.2) is 0 Å². The summed E-state index contributed by atoms with van der Waals surface area (Å²) in [6, 6.07) is 4.91. The van der Waals surface area contributed by atoms with Crippen LogP contribution in [0.3, 0.4) is 0 Å². The molecule has 1 aromatic heterocycles. The molecule has 0 radical (unpaired) electrons. The Bertz CT molecular complexity index is 683. The van der Waals surface area contributed by atoms with Gasteiger partial charge in [-0.25, -0.2) is 4.98 Å². The van der Waals surface area contributed by atoms with Crippen molar-refractivity contribution in [2.45, 2.75) is 19.6 Å². The van der Waals surface area contributed by atoms with Gasteiger partial charge >= 0.3 is 12.1 Å². The molecule has 0 N–H and O–H groups in total. The van der Waals surface area contributed by atoms with E-state index < -0.39 is 11.7 Å². The van der Waals surface area contributed by atoms with Crippen molar-refractivity contribution in [2.75, 3.05) is 20.2 Å². The van der Waals surface area contributed by atoms with Crippen molar-refractivity contribution >= 4 is 17.3 Å². The second-order valence-electron chi connectivity index (χ2n) is 5.20. The lowest BCUT2D eigenvalue weighted by Gasteiger charge is -2.13. The lowest BCUT2D eigenvalue weighted by Crippen LogP contribution is -2.27. The quantitative estimate of drug-likeness (QED) is 0.736. The number of likely N-dealkylation sites (N-methyl/N-ethyl adjacent to an activating group) is 1. The van der Waals surface area contributed by atoms with Gasteiger partial charge in [-0.3, -0.25) is 9.69 Å². The average Bonchev–Trinajstić information content (AvgIpc) is 2.95. The van der Waals surface area contributed by atoms with Gasteiger partial charge < -0.3 is 4.74 Å². The van der Waals surface area contributed by atoms with Crippen LogP contribution in [0.15, 0.2) is 29.6 Å². The van der Waals surface area contributed by atoms with Gasteiger partial charge in [-0.05, 0) is 26.1 Å². The van der Waals surface area contributed by atoms with E-state index in [0.29, 0.717) is 23.7 Å². The van der Waals surface area contributed by atoms with Gasteiger partial charge in [0.25, 0.3) is 0 Å². The lowest BCUT2D eigenvalue weighted by molar-refractivity contribution is -0.144. The molecule has 2 aromatic rings. The zero-order valence-electron chi connectivity index (χ0n) is 13.3. The molecule has 0 spiro atoms. The molecule has 4 nitrogen and oxygen atoms in total. The third-order valence-corrected chi connectivity index (χ3v) is 4.09. The van der Waals surface area contributed by atoms with Gasteiger partial charge in [0.05, 0.1) is 24.4 Å². The summed E-state index contributed by atoms with van der Waals surface area (Å²) in [5, 5.41) is 2.47. The third-order valence-electron chi connectivity index (χ3n) is 3.15. The van der Waals surface area contributed by atoms with Gasteiger partial charge in [-0.15, -0.1) is 11.3 Å². The number of nitrogens with zero attached hydrogens (tertiary/aromatic N) is 2. The highest BCUT2D eigenvalue weighted by molar-refractivity contribution is 7.13. The second kappa shape index (κ2) is 7.76. The topological polar surface area (TPSA) is 42.4 Å². The summed E-state index contributed by atoms with van der Waals surface area (Å²) in [4.78, 5) is 17.6. The van der Waals surface area contributed by atoms with Crippen molar-refractivity contribution in [3.05, 3.63) is 40.9 Å². The fourth-order valence-corrected chi connectivity index (χ4v) is 2.89. The van der Waals surface area contributed by atoms with Crippen molar-refractivity contribution < 1.29 is 22.7 Å². The number of halogens is 3. The Balaban J connectivity index is 2.01. The van der Waals surface area contributed by atoms with Crippen LogP contribution in [0.4, 0.5) is 13.2 Å². The number of carbonyl (C=O) groups is 1. The summed E-state index contributed by atoms with van der Waals surface area (Å²) in [6.45, 7) is 2.69. The number of thiazole rings is 1. The molecule has 2 rings (SSSR count). The summed E-state index contributed by atoms with van der Waals surface area (Å²) in [7, 11) is 1.77. The van der Waals surface area contributed by atoms with Gasteiger partial charge in [0.1, 0.15) is 5.01 Å². The fraction of sp³-hybridized carbons (Fsp3) is 0.375. The molecule has 1 aromatic carbocycles. The maximum Gasteiger partial charge on any atom is 0.416 e. The summed E-state index contributed by atoms with van der Waals surface area (Å²) in [6.07, 6.45) is -4.34. The Kier molecular flexibility index (Phi) is 5.95. The van der Waals surface area contributed by atoms with E-state index in [-0.39, 0.29) is 12.5 Å². The van der Waals surface area contributed by atoms with Crippen LogP contribution < -0.4 is 0 Å². The van der Waals surface area contributed by atoms with Crippen molar-refractivity contribution in [1.29, 1.82) is 0 Å². The molecule has 8 heteroatoms. The zero-order valence-corrected chi connectivity index (χ0v) is 14.1. The van der Waals surface area contributed by atoms with Crippen molar-refractivity contribution in [3.8, 4) is 10.6 Å². The molecule has 0 fully saturated rings. The molecular weight excluding hydrogens is 341 g/mol. The van der Waals surface area contributed by atoms with E-state index in [9.17, 15) is 18.0 Å². The number of hydrogen-bond donors (Lipinski definition) is 0. The minimum Gasteiger partial charge on any atom is -0.465 e. The first-order valence-corrected chi connectivity index (χ1v) is 8.13. The lowest BCUT2D eigenvalue weighted by atomic mass is 10.1. The number of carbonyl (C=O) groups excluding carboxylic acids is 1. The molecule has 0 aliphatic heterocycles. The van der Waals surface area contributed by atoms with E-state index in [1.54, 1.807) is 18.9 Å². The first-order valence-electron chi connectivity index (χ1n) is 7.25. The van der Waals surface area contributed by atoms with Crippen molar-refractivity contribution in [2.24, 2.45) is 0 Å². The van der Waals surface area contributed by atoms with Crippen LogP contribution in [-0.2, 0) is 22.3 Å². The number of hydrogen-bond acceptors (Lipinski definition) is 5. The van der Waals surface area contributed by atoms with E-state index in [1.807, 2.05) is 5.38 Å².